The van der Waals surface area contributed by atoms with Gasteiger partial charge in [0.1, 0.15) is 5.75 Å². The molecule has 1 N–H and O–H groups in total. The molecule has 3 rings (SSSR count). The summed E-state index contributed by atoms with van der Waals surface area (Å²) in [6.07, 6.45) is 4.23. The maximum absolute atomic E-state index is 12.4. The number of hydrogen-bond acceptors (Lipinski definition) is 5. The Balaban J connectivity index is 1.62. The third kappa shape index (κ3) is 4.96. The number of carbonyl (C=O) groups excluding carboxylic acids is 1. The highest BCUT2D eigenvalue weighted by Gasteiger charge is 2.24. The average Bonchev–Trinajstić information content (AvgIpc) is 3.27. The Labute approximate surface area is 169 Å². The Morgan fingerprint density at radius 3 is 2.70 bits per heavy atom. The van der Waals surface area contributed by atoms with Crippen LogP contribution in [0.3, 0.4) is 0 Å². The number of carbonyl (C=O) groups is 1. The smallest absolute Gasteiger partial charge is 0.233 e. The van der Waals surface area contributed by atoms with Crippen molar-refractivity contribution in [2.75, 3.05) is 0 Å². The number of ether oxygens (including phenoxy) is 1. The van der Waals surface area contributed by atoms with Gasteiger partial charge in [-0.15, -0.1) is 10.2 Å². The molecule has 1 saturated carbocycles. The third-order valence-corrected chi connectivity index (χ3v) is 6.17. The van der Waals surface area contributed by atoms with Gasteiger partial charge in [-0.1, -0.05) is 48.3 Å². The van der Waals surface area contributed by atoms with E-state index < -0.39 is 0 Å². The van der Waals surface area contributed by atoms with E-state index in [0.717, 1.165) is 12.8 Å². The van der Waals surface area contributed by atoms with Gasteiger partial charge in [0.25, 0.3) is 0 Å². The van der Waals surface area contributed by atoms with Crippen molar-refractivity contribution in [3.05, 3.63) is 35.1 Å². The molecule has 27 heavy (non-hydrogen) atoms. The van der Waals surface area contributed by atoms with Crippen LogP contribution in [0.2, 0.25) is 5.02 Å². The molecule has 1 aromatic heterocycles. The highest BCUT2D eigenvalue weighted by molar-refractivity contribution is 8.00. The van der Waals surface area contributed by atoms with E-state index in [-0.39, 0.29) is 17.3 Å². The normalized spacial score (nSPS) is 16.9. The zero-order valence-corrected chi connectivity index (χ0v) is 17.4. The summed E-state index contributed by atoms with van der Waals surface area (Å²) in [7, 11) is 1.88. The first-order valence-corrected chi connectivity index (χ1v) is 10.5. The van der Waals surface area contributed by atoms with Crippen LogP contribution in [0.5, 0.6) is 5.75 Å². The van der Waals surface area contributed by atoms with Crippen LogP contribution < -0.4 is 10.1 Å². The summed E-state index contributed by atoms with van der Waals surface area (Å²) in [4.78, 5) is 12.4. The summed E-state index contributed by atoms with van der Waals surface area (Å²) in [5, 5.41) is 12.6. The number of hydrogen-bond donors (Lipinski definition) is 1. The molecule has 2 unspecified atom stereocenters. The summed E-state index contributed by atoms with van der Waals surface area (Å²) >= 11 is 7.56. The van der Waals surface area contributed by atoms with Gasteiger partial charge in [0.15, 0.2) is 17.1 Å². The minimum atomic E-state index is -0.320. The van der Waals surface area contributed by atoms with E-state index in [2.05, 4.69) is 15.5 Å². The molecule has 2 aromatic rings. The second-order valence-electron chi connectivity index (χ2n) is 6.84. The largest absolute Gasteiger partial charge is 0.481 e. The van der Waals surface area contributed by atoms with Crippen molar-refractivity contribution in [3.63, 3.8) is 0 Å². The second-order valence-corrected chi connectivity index (χ2v) is 8.56. The molecule has 0 saturated heterocycles. The molecule has 2 atom stereocenters. The molecule has 1 fully saturated rings. The van der Waals surface area contributed by atoms with Crippen LogP contribution in [0.4, 0.5) is 0 Å². The van der Waals surface area contributed by atoms with Gasteiger partial charge in [0.05, 0.1) is 10.3 Å². The minimum Gasteiger partial charge on any atom is -0.481 e. The molecule has 1 heterocycles. The van der Waals surface area contributed by atoms with Gasteiger partial charge in [0.2, 0.25) is 5.91 Å². The molecular formula is C19H25ClN4O2S. The number of para-hydroxylation sites is 1. The van der Waals surface area contributed by atoms with Crippen LogP contribution in [0.1, 0.15) is 51.5 Å². The number of amides is 1. The van der Waals surface area contributed by atoms with Gasteiger partial charge in [-0.2, -0.15) is 0 Å². The van der Waals surface area contributed by atoms with Crippen LogP contribution in [0, 0.1) is 0 Å². The molecule has 146 valence electrons. The zero-order valence-electron chi connectivity index (χ0n) is 15.8. The van der Waals surface area contributed by atoms with Crippen LogP contribution in [-0.4, -0.2) is 32.0 Å². The topological polar surface area (TPSA) is 69.0 Å². The summed E-state index contributed by atoms with van der Waals surface area (Å²) < 4.78 is 7.79. The predicted molar refractivity (Wildman–Crippen MR) is 107 cm³/mol. The first-order chi connectivity index (χ1) is 13.0. The molecule has 8 heteroatoms. The van der Waals surface area contributed by atoms with Gasteiger partial charge >= 0.3 is 0 Å². The molecule has 1 amide bonds. The molecule has 0 radical (unpaired) electrons. The van der Waals surface area contributed by atoms with Crippen LogP contribution in [-0.2, 0) is 11.8 Å². The average molecular weight is 409 g/mol. The number of rotatable bonds is 7. The lowest BCUT2D eigenvalue weighted by molar-refractivity contribution is -0.120. The highest BCUT2D eigenvalue weighted by atomic mass is 35.5. The van der Waals surface area contributed by atoms with E-state index >= 15 is 0 Å². The fourth-order valence-corrected chi connectivity index (χ4v) is 4.18. The Hall–Kier alpha value is -1.73. The molecule has 6 nitrogen and oxygen atoms in total. The summed E-state index contributed by atoms with van der Waals surface area (Å²) in [5.41, 5.74) is 0. The van der Waals surface area contributed by atoms with Gasteiger partial charge in [-0.05, 0) is 38.8 Å². The number of nitrogens with one attached hydrogen (secondary N) is 1. The Kier molecular flexibility index (Phi) is 6.65. The van der Waals surface area contributed by atoms with E-state index in [4.69, 9.17) is 16.3 Å². The molecular weight excluding hydrogens is 384 g/mol. The van der Waals surface area contributed by atoms with Crippen molar-refractivity contribution in [1.82, 2.24) is 20.1 Å². The Morgan fingerprint density at radius 2 is 2.00 bits per heavy atom. The zero-order chi connectivity index (χ0) is 19.4. The minimum absolute atomic E-state index is 0.0526. The van der Waals surface area contributed by atoms with Crippen molar-refractivity contribution in [1.29, 1.82) is 0 Å². The maximum Gasteiger partial charge on any atom is 0.233 e. The number of aromatic nitrogens is 3. The van der Waals surface area contributed by atoms with E-state index in [1.54, 1.807) is 6.07 Å². The van der Waals surface area contributed by atoms with Crippen LogP contribution in [0.25, 0.3) is 0 Å². The van der Waals surface area contributed by atoms with Crippen molar-refractivity contribution in [3.8, 4) is 5.75 Å². The predicted octanol–water partition coefficient (Wildman–Crippen LogP) is 4.15. The number of thioether (sulfide) groups is 1. The quantitative estimate of drug-likeness (QED) is 0.697. The molecule has 0 aliphatic heterocycles. The highest BCUT2D eigenvalue weighted by Crippen LogP contribution is 2.30. The summed E-state index contributed by atoms with van der Waals surface area (Å²) in [6.45, 7) is 3.80. The lowest BCUT2D eigenvalue weighted by Crippen LogP contribution is -2.37. The third-order valence-electron chi connectivity index (χ3n) is 4.73. The molecule has 1 aliphatic rings. The summed E-state index contributed by atoms with van der Waals surface area (Å²) in [6, 6.07) is 7.65. The Morgan fingerprint density at radius 1 is 1.30 bits per heavy atom. The maximum atomic E-state index is 12.4. The monoisotopic (exact) mass is 408 g/mol. The summed E-state index contributed by atoms with van der Waals surface area (Å²) in [5.74, 6) is 1.34. The first kappa shape index (κ1) is 20.0. The number of nitrogens with zero attached hydrogens (tertiary/aromatic N) is 3. The van der Waals surface area contributed by atoms with E-state index in [0.29, 0.717) is 27.8 Å². The standard InChI is InChI=1S/C19H25ClN4O2S/c1-12(26-16-11-7-6-10-15(16)20)17-22-23-19(24(17)3)27-13(2)18(25)21-14-8-4-5-9-14/h6-7,10-14H,4-5,8-9H2,1-3H3,(H,21,25). The number of halogens is 1. The van der Waals surface area contributed by atoms with Gasteiger partial charge < -0.3 is 14.6 Å². The molecule has 1 aliphatic carbocycles. The lowest BCUT2D eigenvalue weighted by atomic mass is 10.2. The van der Waals surface area contributed by atoms with Gasteiger partial charge in [-0.3, -0.25) is 4.79 Å². The molecule has 1 aromatic carbocycles. The van der Waals surface area contributed by atoms with Crippen molar-refractivity contribution < 1.29 is 9.53 Å². The number of benzene rings is 1. The first-order valence-electron chi connectivity index (χ1n) is 9.23. The lowest BCUT2D eigenvalue weighted by Gasteiger charge is -2.17. The van der Waals surface area contributed by atoms with Crippen LogP contribution >= 0.6 is 23.4 Å². The SMILES string of the molecule is CC(Sc1nnc(C(C)Oc2ccccc2Cl)n1C)C(=O)NC1CCCC1. The fourth-order valence-electron chi connectivity index (χ4n) is 3.17. The molecule has 0 spiro atoms. The van der Waals surface area contributed by atoms with Gasteiger partial charge in [-0.25, -0.2) is 0 Å². The fraction of sp³-hybridized carbons (Fsp3) is 0.526. The second kappa shape index (κ2) is 8.97. The van der Waals surface area contributed by atoms with Crippen molar-refractivity contribution in [2.45, 2.75) is 62.1 Å². The van der Waals surface area contributed by atoms with Gasteiger partial charge in [0, 0.05) is 13.1 Å². The van der Waals surface area contributed by atoms with E-state index in [1.807, 2.05) is 43.7 Å². The van der Waals surface area contributed by atoms with E-state index in [9.17, 15) is 4.79 Å². The van der Waals surface area contributed by atoms with Crippen LogP contribution in [0.15, 0.2) is 29.4 Å². The van der Waals surface area contributed by atoms with Crippen molar-refractivity contribution >= 4 is 29.3 Å². The Bertz CT molecular complexity index is 792. The van der Waals surface area contributed by atoms with Crippen molar-refractivity contribution in [2.24, 2.45) is 7.05 Å². The molecule has 0 bridgehead atoms. The van der Waals surface area contributed by atoms with E-state index in [1.165, 1.54) is 24.6 Å².